The average molecular weight is 262 g/mol. The van der Waals surface area contributed by atoms with Crippen molar-refractivity contribution in [3.63, 3.8) is 0 Å². The number of hydrogen-bond acceptors (Lipinski definition) is 0. The molecule has 0 bridgehead atoms. The topological polar surface area (TPSA) is 0 Å². The second-order valence-corrected chi connectivity index (χ2v) is 4.20. The van der Waals surface area contributed by atoms with Gasteiger partial charge in [0.05, 0.1) is 7.85 Å². The zero-order valence-electron chi connectivity index (χ0n) is 10.1. The maximum Gasteiger partial charge on any atom is 0.200 e. The van der Waals surface area contributed by atoms with Gasteiger partial charge in [0.15, 0.2) is 23.3 Å². The van der Waals surface area contributed by atoms with Crippen LogP contribution in [0.1, 0.15) is 38.7 Å². The van der Waals surface area contributed by atoms with Gasteiger partial charge in [0.1, 0.15) is 0 Å². The van der Waals surface area contributed by atoms with Gasteiger partial charge in [-0.2, -0.15) is 0 Å². The van der Waals surface area contributed by atoms with Crippen LogP contribution in [-0.4, -0.2) is 7.85 Å². The summed E-state index contributed by atoms with van der Waals surface area (Å²) in [5, 5.41) is -1.56. The van der Waals surface area contributed by atoms with Crippen LogP contribution in [-0.2, 0) is 5.31 Å². The van der Waals surface area contributed by atoms with Gasteiger partial charge in [-0.15, -0.1) is 0 Å². The smallest absolute Gasteiger partial charge is 0.200 e. The Morgan fingerprint density at radius 2 is 1.22 bits per heavy atom. The molecule has 0 aliphatic heterocycles. The number of hydrogen-bond donors (Lipinski definition) is 0. The van der Waals surface area contributed by atoms with E-state index in [0.29, 0.717) is 6.42 Å². The van der Waals surface area contributed by atoms with E-state index in [1.165, 1.54) is 6.92 Å². The van der Waals surface area contributed by atoms with Crippen molar-refractivity contribution in [1.82, 2.24) is 0 Å². The van der Waals surface area contributed by atoms with E-state index in [2.05, 4.69) is 0 Å². The standard InChI is InChI=1S/C12H12BF5/c1-3-5-12(13,4-2)6-7(14)9(16)11(18)10(17)8(6)15/h3-5H2,1-2H3/t12-/m0/s1. The summed E-state index contributed by atoms with van der Waals surface area (Å²) in [7, 11) is 5.78. The Morgan fingerprint density at radius 1 is 0.833 bits per heavy atom. The summed E-state index contributed by atoms with van der Waals surface area (Å²) in [6, 6.07) is 0. The van der Waals surface area contributed by atoms with E-state index in [-0.39, 0.29) is 12.8 Å². The molecule has 0 aliphatic rings. The highest BCUT2D eigenvalue weighted by molar-refractivity contribution is 6.16. The van der Waals surface area contributed by atoms with E-state index in [4.69, 9.17) is 7.85 Å². The van der Waals surface area contributed by atoms with Crippen molar-refractivity contribution in [3.8, 4) is 0 Å². The minimum Gasteiger partial charge on any atom is -0.203 e. The monoisotopic (exact) mass is 262 g/mol. The quantitative estimate of drug-likeness (QED) is 0.333. The molecule has 0 spiro atoms. The summed E-state index contributed by atoms with van der Waals surface area (Å²) >= 11 is 0. The van der Waals surface area contributed by atoms with Gasteiger partial charge >= 0.3 is 0 Å². The normalized spacial score (nSPS) is 14.6. The van der Waals surface area contributed by atoms with E-state index in [1.807, 2.05) is 0 Å². The Hall–Kier alpha value is -1.07. The fraction of sp³-hybridized carbons (Fsp3) is 0.500. The Labute approximate surface area is 104 Å². The third kappa shape index (κ3) is 2.25. The molecule has 0 N–H and O–H groups in total. The van der Waals surface area contributed by atoms with Crippen LogP contribution in [0, 0.1) is 29.1 Å². The number of halogens is 5. The molecule has 98 valence electrons. The second kappa shape index (κ2) is 5.28. The molecule has 1 aromatic rings. The molecule has 1 atom stereocenters. The summed E-state index contributed by atoms with van der Waals surface area (Å²) < 4.78 is 66.3. The van der Waals surface area contributed by atoms with Crippen LogP contribution >= 0.6 is 0 Å². The highest BCUT2D eigenvalue weighted by Gasteiger charge is 2.35. The van der Waals surface area contributed by atoms with Gasteiger partial charge < -0.3 is 0 Å². The predicted octanol–water partition coefficient (Wildman–Crippen LogP) is 3.96. The molecule has 6 heteroatoms. The summed E-state index contributed by atoms with van der Waals surface area (Å²) in [5.41, 5.74) is -0.928. The molecule has 1 aromatic carbocycles. The third-order valence-electron chi connectivity index (χ3n) is 3.03. The Balaban J connectivity index is 3.59. The fourth-order valence-electron chi connectivity index (χ4n) is 1.97. The van der Waals surface area contributed by atoms with Crippen molar-refractivity contribution < 1.29 is 22.0 Å². The third-order valence-corrected chi connectivity index (χ3v) is 3.03. The van der Waals surface area contributed by atoms with Crippen molar-refractivity contribution in [2.75, 3.05) is 0 Å². The highest BCUT2D eigenvalue weighted by atomic mass is 19.2. The van der Waals surface area contributed by atoms with E-state index in [9.17, 15) is 22.0 Å². The summed E-state index contributed by atoms with van der Waals surface area (Å²) in [6.45, 7) is 3.25. The molecule has 2 radical (unpaired) electrons. The largest absolute Gasteiger partial charge is 0.203 e. The Kier molecular flexibility index (Phi) is 4.40. The van der Waals surface area contributed by atoms with E-state index in [1.54, 1.807) is 6.92 Å². The molecule has 18 heavy (non-hydrogen) atoms. The zero-order chi connectivity index (χ0) is 14.1. The lowest BCUT2D eigenvalue weighted by atomic mass is 9.59. The van der Waals surface area contributed by atoms with E-state index >= 15 is 0 Å². The zero-order valence-corrected chi connectivity index (χ0v) is 10.1. The van der Waals surface area contributed by atoms with Crippen molar-refractivity contribution in [1.29, 1.82) is 0 Å². The van der Waals surface area contributed by atoms with Gasteiger partial charge in [0, 0.05) is 5.56 Å². The first-order chi connectivity index (χ1) is 8.30. The van der Waals surface area contributed by atoms with Crippen LogP contribution in [0.4, 0.5) is 22.0 Å². The average Bonchev–Trinajstić information content (AvgIpc) is 2.34. The summed E-state index contributed by atoms with van der Waals surface area (Å²) in [4.78, 5) is 0. The Morgan fingerprint density at radius 3 is 1.56 bits per heavy atom. The van der Waals surface area contributed by atoms with Crippen LogP contribution < -0.4 is 0 Å². The highest BCUT2D eigenvalue weighted by Crippen LogP contribution is 2.36. The van der Waals surface area contributed by atoms with Gasteiger partial charge in [-0.1, -0.05) is 33.1 Å². The maximum absolute atomic E-state index is 13.6. The lowest BCUT2D eigenvalue weighted by molar-refractivity contribution is 0.351. The number of rotatable bonds is 4. The van der Waals surface area contributed by atoms with Gasteiger partial charge in [0.25, 0.3) is 0 Å². The molecule has 0 aliphatic carbocycles. The first-order valence-corrected chi connectivity index (χ1v) is 5.60. The maximum atomic E-state index is 13.6. The van der Waals surface area contributed by atoms with Crippen molar-refractivity contribution in [2.24, 2.45) is 0 Å². The van der Waals surface area contributed by atoms with Crippen LogP contribution in [0.3, 0.4) is 0 Å². The van der Waals surface area contributed by atoms with Crippen LogP contribution in [0.5, 0.6) is 0 Å². The minimum atomic E-state index is -2.16. The second-order valence-electron chi connectivity index (χ2n) is 4.20. The van der Waals surface area contributed by atoms with Gasteiger partial charge in [-0.05, 0) is 5.31 Å². The van der Waals surface area contributed by atoms with Crippen molar-refractivity contribution in [3.05, 3.63) is 34.6 Å². The van der Waals surface area contributed by atoms with Gasteiger partial charge in [-0.3, -0.25) is 0 Å². The van der Waals surface area contributed by atoms with Gasteiger partial charge in [-0.25, -0.2) is 22.0 Å². The number of benzene rings is 1. The van der Waals surface area contributed by atoms with Crippen LogP contribution in [0.15, 0.2) is 0 Å². The molecular formula is C12H12BF5. The molecule has 0 aromatic heterocycles. The minimum absolute atomic E-state index is 0.0686. The molecule has 0 unspecified atom stereocenters. The first kappa shape index (κ1) is 15.0. The fourth-order valence-corrected chi connectivity index (χ4v) is 1.97. The van der Waals surface area contributed by atoms with Crippen LogP contribution in [0.25, 0.3) is 0 Å². The molecule has 1 rings (SSSR count). The van der Waals surface area contributed by atoms with Crippen molar-refractivity contribution >= 4 is 7.85 Å². The first-order valence-electron chi connectivity index (χ1n) is 5.60. The summed E-state index contributed by atoms with van der Waals surface area (Å²) in [6.07, 6.45) is 0.658. The molecule has 0 amide bonds. The van der Waals surface area contributed by atoms with E-state index < -0.39 is 40.0 Å². The molecule has 0 heterocycles. The van der Waals surface area contributed by atoms with E-state index in [0.717, 1.165) is 0 Å². The van der Waals surface area contributed by atoms with Crippen LogP contribution in [0.2, 0.25) is 0 Å². The lowest BCUT2D eigenvalue weighted by Gasteiger charge is -2.30. The predicted molar refractivity (Wildman–Crippen MR) is 58.9 cm³/mol. The van der Waals surface area contributed by atoms with Gasteiger partial charge in [0.2, 0.25) is 5.82 Å². The van der Waals surface area contributed by atoms with Crippen molar-refractivity contribution in [2.45, 2.75) is 38.4 Å². The lowest BCUT2D eigenvalue weighted by Crippen LogP contribution is -2.30. The SMILES string of the molecule is [B][C@@](CC)(CCC)c1c(F)c(F)c(F)c(F)c1F. The molecule has 0 saturated carbocycles. The summed E-state index contributed by atoms with van der Waals surface area (Å²) in [5.74, 6) is -9.76. The Bertz CT molecular complexity index is 431. The molecule has 0 nitrogen and oxygen atoms in total. The molecular weight excluding hydrogens is 250 g/mol. The molecule has 0 fully saturated rings. The molecule has 0 saturated heterocycles.